The van der Waals surface area contributed by atoms with Gasteiger partial charge in [-0.1, -0.05) is 12.5 Å². The second kappa shape index (κ2) is 6.54. The van der Waals surface area contributed by atoms with Crippen LogP contribution in [-0.2, 0) is 10.0 Å². The first-order chi connectivity index (χ1) is 11.5. The molecule has 1 aliphatic carbocycles. The minimum atomic E-state index is -3.57. The van der Waals surface area contributed by atoms with Crippen LogP contribution in [0.1, 0.15) is 48.9 Å². The molecule has 1 aromatic rings. The Morgan fingerprint density at radius 2 is 1.88 bits per heavy atom. The lowest BCUT2D eigenvalue weighted by Crippen LogP contribution is -2.52. The summed E-state index contributed by atoms with van der Waals surface area (Å²) >= 11 is 0. The van der Waals surface area contributed by atoms with Gasteiger partial charge in [0.2, 0.25) is 10.0 Å². The van der Waals surface area contributed by atoms with Crippen LogP contribution in [0.5, 0.6) is 0 Å². The summed E-state index contributed by atoms with van der Waals surface area (Å²) in [6.45, 7) is 1.05. The molecule has 1 saturated carbocycles. The number of rotatable bonds is 4. The molecule has 0 bridgehead atoms. The Hall–Kier alpha value is -1.91. The summed E-state index contributed by atoms with van der Waals surface area (Å²) < 4.78 is 26.9. The molecule has 128 valence electrons. The van der Waals surface area contributed by atoms with E-state index in [1.54, 1.807) is 12.1 Å². The first-order valence-electron chi connectivity index (χ1n) is 8.31. The zero-order chi connectivity index (χ0) is 17.2. The van der Waals surface area contributed by atoms with Crippen LogP contribution in [0.3, 0.4) is 0 Å². The Balaban J connectivity index is 1.81. The molecule has 0 spiro atoms. The van der Waals surface area contributed by atoms with Crippen molar-refractivity contribution in [2.24, 2.45) is 0 Å². The maximum absolute atomic E-state index is 12.7. The van der Waals surface area contributed by atoms with Crippen LogP contribution >= 0.6 is 0 Å². The monoisotopic (exact) mass is 347 g/mol. The van der Waals surface area contributed by atoms with Crippen molar-refractivity contribution in [3.63, 3.8) is 0 Å². The molecule has 1 saturated heterocycles. The van der Waals surface area contributed by atoms with Gasteiger partial charge in [-0.05, 0) is 50.3 Å². The predicted molar refractivity (Wildman–Crippen MR) is 88.7 cm³/mol. The number of amides is 1. The van der Waals surface area contributed by atoms with Gasteiger partial charge in [0, 0.05) is 18.7 Å². The van der Waals surface area contributed by atoms with E-state index in [9.17, 15) is 18.5 Å². The molecule has 1 aromatic carbocycles. The van der Waals surface area contributed by atoms with Crippen LogP contribution in [0.4, 0.5) is 0 Å². The fourth-order valence-electron chi connectivity index (χ4n) is 3.14. The average Bonchev–Trinajstić information content (AvgIpc) is 2.59. The first kappa shape index (κ1) is 16.9. The lowest BCUT2D eigenvalue weighted by molar-refractivity contribution is 0.0881. The molecule has 0 aromatic heterocycles. The van der Waals surface area contributed by atoms with Gasteiger partial charge in [-0.3, -0.25) is 4.79 Å². The summed E-state index contributed by atoms with van der Waals surface area (Å²) in [4.78, 5) is 12.5. The molecule has 1 heterocycles. The van der Waals surface area contributed by atoms with E-state index in [1.807, 2.05) is 0 Å². The molecule has 0 radical (unpaired) electrons. The molecule has 0 atom stereocenters. The van der Waals surface area contributed by atoms with Gasteiger partial charge in [-0.15, -0.1) is 0 Å². The smallest absolute Gasteiger partial charge is 0.252 e. The van der Waals surface area contributed by atoms with E-state index < -0.39 is 21.5 Å². The van der Waals surface area contributed by atoms with Crippen LogP contribution in [0.15, 0.2) is 29.2 Å². The van der Waals surface area contributed by atoms with Gasteiger partial charge in [-0.2, -0.15) is 9.57 Å². The molecule has 3 rings (SSSR count). The van der Waals surface area contributed by atoms with Crippen molar-refractivity contribution in [2.75, 3.05) is 13.1 Å². The number of sulfonamides is 1. The number of nitrogens with one attached hydrogen (secondary N) is 1. The number of benzene rings is 1. The molecule has 1 N–H and O–H groups in total. The van der Waals surface area contributed by atoms with Gasteiger partial charge in [0.25, 0.3) is 5.91 Å². The molecule has 0 unspecified atom stereocenters. The molecule has 6 nitrogen and oxygen atoms in total. The number of piperidine rings is 1. The van der Waals surface area contributed by atoms with Gasteiger partial charge in [0.15, 0.2) is 0 Å². The lowest BCUT2D eigenvalue weighted by atomic mass is 9.78. The van der Waals surface area contributed by atoms with E-state index in [1.165, 1.54) is 16.4 Å². The largest absolute Gasteiger partial charge is 0.334 e. The van der Waals surface area contributed by atoms with Crippen LogP contribution in [0.25, 0.3) is 0 Å². The minimum absolute atomic E-state index is 0.136. The Morgan fingerprint density at radius 1 is 1.17 bits per heavy atom. The molecule has 24 heavy (non-hydrogen) atoms. The van der Waals surface area contributed by atoms with E-state index >= 15 is 0 Å². The number of nitriles is 1. The normalized spacial score (nSPS) is 20.6. The molecule has 2 fully saturated rings. The van der Waals surface area contributed by atoms with E-state index in [2.05, 4.69) is 11.4 Å². The fourth-order valence-corrected chi connectivity index (χ4v) is 4.70. The summed E-state index contributed by atoms with van der Waals surface area (Å²) in [5.41, 5.74) is -0.520. The number of carbonyl (C=O) groups excluding carboxylic acids is 1. The molecule has 1 amide bonds. The number of nitrogens with zero attached hydrogens (tertiary/aromatic N) is 2. The van der Waals surface area contributed by atoms with E-state index in [4.69, 9.17) is 0 Å². The molecule has 7 heteroatoms. The highest BCUT2D eigenvalue weighted by Gasteiger charge is 2.39. The van der Waals surface area contributed by atoms with Crippen molar-refractivity contribution in [1.29, 1.82) is 5.26 Å². The van der Waals surface area contributed by atoms with Crippen LogP contribution in [-0.4, -0.2) is 37.3 Å². The third-order valence-electron chi connectivity index (χ3n) is 4.82. The Labute approximate surface area is 142 Å². The summed E-state index contributed by atoms with van der Waals surface area (Å²) in [5, 5.41) is 12.0. The quantitative estimate of drug-likeness (QED) is 0.902. The minimum Gasteiger partial charge on any atom is -0.334 e. The highest BCUT2D eigenvalue weighted by Crippen LogP contribution is 2.31. The summed E-state index contributed by atoms with van der Waals surface area (Å²) in [6.07, 6.45) is 4.97. The van der Waals surface area contributed by atoms with Gasteiger partial charge in [0.05, 0.1) is 11.0 Å². The summed E-state index contributed by atoms with van der Waals surface area (Å²) in [6, 6.07) is 8.23. The zero-order valence-corrected chi connectivity index (χ0v) is 14.3. The second-order valence-electron chi connectivity index (χ2n) is 6.49. The summed E-state index contributed by atoms with van der Waals surface area (Å²) in [5.74, 6) is -0.396. The molecular weight excluding hydrogens is 326 g/mol. The van der Waals surface area contributed by atoms with Crippen LogP contribution < -0.4 is 5.32 Å². The molecule has 2 aliphatic rings. The summed E-state index contributed by atoms with van der Waals surface area (Å²) in [7, 11) is -3.57. The van der Waals surface area contributed by atoms with Crippen LogP contribution in [0.2, 0.25) is 0 Å². The van der Waals surface area contributed by atoms with Gasteiger partial charge >= 0.3 is 0 Å². The van der Waals surface area contributed by atoms with Crippen molar-refractivity contribution in [3.8, 4) is 6.07 Å². The average molecular weight is 347 g/mol. The van der Waals surface area contributed by atoms with Gasteiger partial charge in [-0.25, -0.2) is 8.42 Å². The Bertz CT molecular complexity index is 773. The Kier molecular flexibility index (Phi) is 4.61. The van der Waals surface area contributed by atoms with Crippen molar-refractivity contribution >= 4 is 15.9 Å². The number of hydrogen-bond acceptors (Lipinski definition) is 4. The van der Waals surface area contributed by atoms with Gasteiger partial charge in [0.1, 0.15) is 5.54 Å². The lowest BCUT2D eigenvalue weighted by Gasteiger charge is -2.35. The van der Waals surface area contributed by atoms with E-state index in [0.29, 0.717) is 25.9 Å². The first-order valence-corrected chi connectivity index (χ1v) is 9.75. The standard InChI is InChI=1S/C17H21N3O3S/c18-13-17(8-5-9-17)19-16(21)14-6-4-7-15(12-14)24(22,23)20-10-2-1-3-11-20/h4,6-7,12H,1-3,5,8-11H2,(H,19,21). The zero-order valence-electron chi connectivity index (χ0n) is 13.5. The maximum atomic E-state index is 12.7. The maximum Gasteiger partial charge on any atom is 0.252 e. The highest BCUT2D eigenvalue weighted by molar-refractivity contribution is 7.89. The van der Waals surface area contributed by atoms with E-state index in [0.717, 1.165) is 25.7 Å². The predicted octanol–water partition coefficient (Wildman–Crippen LogP) is 2.04. The topological polar surface area (TPSA) is 90.3 Å². The van der Waals surface area contributed by atoms with Crippen molar-refractivity contribution < 1.29 is 13.2 Å². The van der Waals surface area contributed by atoms with Crippen LogP contribution in [0, 0.1) is 11.3 Å². The second-order valence-corrected chi connectivity index (χ2v) is 8.43. The fraction of sp³-hybridized carbons (Fsp3) is 0.529. The van der Waals surface area contributed by atoms with Crippen molar-refractivity contribution in [1.82, 2.24) is 9.62 Å². The number of hydrogen-bond donors (Lipinski definition) is 1. The van der Waals surface area contributed by atoms with Gasteiger partial charge < -0.3 is 5.32 Å². The SMILES string of the molecule is N#CC1(NC(=O)c2cccc(S(=O)(=O)N3CCCCC3)c2)CCC1. The van der Waals surface area contributed by atoms with Crippen molar-refractivity contribution in [3.05, 3.63) is 29.8 Å². The third-order valence-corrected chi connectivity index (χ3v) is 6.72. The number of carbonyl (C=O) groups is 1. The Morgan fingerprint density at radius 3 is 2.46 bits per heavy atom. The third kappa shape index (κ3) is 3.17. The van der Waals surface area contributed by atoms with E-state index in [-0.39, 0.29) is 10.5 Å². The van der Waals surface area contributed by atoms with Crippen molar-refractivity contribution in [2.45, 2.75) is 49.0 Å². The molecule has 1 aliphatic heterocycles. The highest BCUT2D eigenvalue weighted by atomic mass is 32.2. The molecular formula is C17H21N3O3S.